The molecule has 0 bridgehead atoms. The summed E-state index contributed by atoms with van der Waals surface area (Å²) in [6.45, 7) is 5.74. The molecule has 2 N–H and O–H groups in total. The molecule has 3 heterocycles. The van der Waals surface area contributed by atoms with E-state index in [9.17, 15) is 14.4 Å². The Morgan fingerprint density at radius 1 is 1.00 bits per heavy atom. The van der Waals surface area contributed by atoms with Gasteiger partial charge in [-0.2, -0.15) is 0 Å². The summed E-state index contributed by atoms with van der Waals surface area (Å²) in [4.78, 5) is 55.6. The molecule has 2 aromatic carbocycles. The third kappa shape index (κ3) is 7.39. The number of ether oxygens (including phenoxy) is 1. The van der Waals surface area contributed by atoms with Crippen LogP contribution in [0.25, 0.3) is 0 Å². The van der Waals surface area contributed by atoms with E-state index >= 15 is 0 Å². The average Bonchev–Trinajstić information content (AvgIpc) is 3.50. The highest BCUT2D eigenvalue weighted by Gasteiger charge is 2.22. The highest BCUT2D eigenvalue weighted by molar-refractivity contribution is 7.17. The van der Waals surface area contributed by atoms with Crippen LogP contribution in [0.15, 0.2) is 66.9 Å². The van der Waals surface area contributed by atoms with E-state index in [1.165, 1.54) is 29.7 Å². The minimum atomic E-state index is -0.307. The van der Waals surface area contributed by atoms with Gasteiger partial charge in [-0.25, -0.2) is 15.0 Å². The van der Waals surface area contributed by atoms with Gasteiger partial charge in [-0.3, -0.25) is 14.4 Å². The number of para-hydroxylation sites is 1. The minimum absolute atomic E-state index is 0.221. The molecule has 226 valence electrons. The summed E-state index contributed by atoms with van der Waals surface area (Å²) in [5, 5.41) is 6.99. The van der Waals surface area contributed by atoms with Gasteiger partial charge in [0, 0.05) is 43.9 Å². The highest BCUT2D eigenvalue weighted by Crippen LogP contribution is 2.28. The van der Waals surface area contributed by atoms with Crippen molar-refractivity contribution < 1.29 is 19.1 Å². The van der Waals surface area contributed by atoms with E-state index in [2.05, 4.69) is 30.5 Å². The second-order valence-electron chi connectivity index (χ2n) is 9.94. The summed E-state index contributed by atoms with van der Waals surface area (Å²) in [5.74, 6) is 1.69. The zero-order chi connectivity index (χ0) is 31.2. The van der Waals surface area contributed by atoms with E-state index in [1.807, 2.05) is 25.1 Å². The number of carbonyl (C=O) groups excluding carboxylic acids is 3. The quantitative estimate of drug-likeness (QED) is 0.187. The molecule has 1 fully saturated rings. The van der Waals surface area contributed by atoms with Crippen molar-refractivity contribution in [3.8, 4) is 5.75 Å². The number of aromatic nitrogens is 3. The van der Waals surface area contributed by atoms with Crippen molar-refractivity contribution >= 4 is 63.0 Å². The van der Waals surface area contributed by atoms with Crippen LogP contribution >= 0.6 is 22.9 Å². The second-order valence-corrected chi connectivity index (χ2v) is 11.4. The van der Waals surface area contributed by atoms with Crippen LogP contribution in [-0.2, 0) is 4.79 Å². The van der Waals surface area contributed by atoms with Crippen molar-refractivity contribution in [2.45, 2.75) is 13.8 Å². The van der Waals surface area contributed by atoms with Gasteiger partial charge >= 0.3 is 0 Å². The van der Waals surface area contributed by atoms with Gasteiger partial charge in [-0.05, 0) is 55.8 Å². The van der Waals surface area contributed by atoms with Crippen molar-refractivity contribution in [1.29, 1.82) is 0 Å². The molecule has 0 aliphatic carbocycles. The number of hydrogen-bond acceptors (Lipinski definition) is 10. The number of nitrogens with one attached hydrogen (secondary N) is 2. The SMILES string of the molecule is COc1ccc(C(=O)/C=C/C(=O)N2CCN(c3cc(Nc4ncc(C(=O)Nc5c(C)cccc5Cl)s4)nc(C)n3)CC2)cc1. The predicted octanol–water partition coefficient (Wildman–Crippen LogP) is 5.30. The van der Waals surface area contributed by atoms with Gasteiger partial charge in [0.15, 0.2) is 10.9 Å². The molecule has 1 aliphatic rings. The van der Waals surface area contributed by atoms with Crippen LogP contribution < -0.4 is 20.3 Å². The molecule has 1 aliphatic heterocycles. The average molecular weight is 632 g/mol. The first kappa shape index (κ1) is 30.6. The fourth-order valence-corrected chi connectivity index (χ4v) is 5.54. The third-order valence-corrected chi connectivity index (χ3v) is 8.14. The van der Waals surface area contributed by atoms with Crippen molar-refractivity contribution in [2.24, 2.45) is 0 Å². The van der Waals surface area contributed by atoms with E-state index in [4.69, 9.17) is 16.3 Å². The predicted molar refractivity (Wildman–Crippen MR) is 172 cm³/mol. The number of hydrogen-bond donors (Lipinski definition) is 2. The fraction of sp³-hybridized carbons (Fsp3) is 0.226. The molecule has 13 heteroatoms. The number of thiazole rings is 1. The summed E-state index contributed by atoms with van der Waals surface area (Å²) >= 11 is 7.44. The van der Waals surface area contributed by atoms with Crippen LogP contribution in [0, 0.1) is 13.8 Å². The Morgan fingerprint density at radius 2 is 1.75 bits per heavy atom. The molecule has 2 amide bonds. The zero-order valence-corrected chi connectivity index (χ0v) is 25.9. The van der Waals surface area contributed by atoms with Gasteiger partial charge in [-0.1, -0.05) is 35.1 Å². The number of amides is 2. The molecular weight excluding hydrogens is 602 g/mol. The maximum absolute atomic E-state index is 12.8. The Bertz CT molecular complexity index is 1700. The molecule has 11 nitrogen and oxygen atoms in total. The lowest BCUT2D eigenvalue weighted by Gasteiger charge is -2.35. The molecule has 5 rings (SSSR count). The van der Waals surface area contributed by atoms with Gasteiger partial charge in [0.25, 0.3) is 5.91 Å². The monoisotopic (exact) mass is 631 g/mol. The van der Waals surface area contributed by atoms with Gasteiger partial charge in [0.2, 0.25) is 5.91 Å². The second kappa shape index (κ2) is 13.7. The molecule has 0 saturated carbocycles. The number of rotatable bonds is 9. The fourth-order valence-electron chi connectivity index (χ4n) is 4.55. The van der Waals surface area contributed by atoms with Crippen LogP contribution in [0.1, 0.15) is 31.4 Å². The van der Waals surface area contributed by atoms with Gasteiger partial charge in [0.1, 0.15) is 28.1 Å². The van der Waals surface area contributed by atoms with Gasteiger partial charge in [-0.15, -0.1) is 0 Å². The van der Waals surface area contributed by atoms with Crippen LogP contribution in [-0.4, -0.2) is 70.7 Å². The van der Waals surface area contributed by atoms with E-state index < -0.39 is 0 Å². The molecule has 1 saturated heterocycles. The van der Waals surface area contributed by atoms with Crippen LogP contribution in [0.4, 0.5) is 22.5 Å². The summed E-state index contributed by atoms with van der Waals surface area (Å²) < 4.78 is 5.11. The number of methoxy groups -OCH3 is 1. The van der Waals surface area contributed by atoms with Gasteiger partial charge < -0.3 is 25.2 Å². The largest absolute Gasteiger partial charge is 0.497 e. The lowest BCUT2D eigenvalue weighted by molar-refractivity contribution is -0.126. The topological polar surface area (TPSA) is 130 Å². The molecular formula is C31H30ClN7O4S. The number of aryl methyl sites for hydroxylation is 2. The molecule has 0 unspecified atom stereocenters. The number of ketones is 1. The molecule has 2 aromatic heterocycles. The Balaban J connectivity index is 1.17. The first-order chi connectivity index (χ1) is 21.2. The van der Waals surface area contributed by atoms with Crippen molar-refractivity contribution in [3.63, 3.8) is 0 Å². The smallest absolute Gasteiger partial charge is 0.267 e. The number of halogens is 1. The summed E-state index contributed by atoms with van der Waals surface area (Å²) in [6, 6.07) is 14.0. The Labute approximate surface area is 263 Å². The van der Waals surface area contributed by atoms with E-state index in [1.54, 1.807) is 49.3 Å². The first-order valence-corrected chi connectivity index (χ1v) is 14.9. The lowest BCUT2D eigenvalue weighted by atomic mass is 10.1. The van der Waals surface area contributed by atoms with Crippen molar-refractivity contribution in [2.75, 3.05) is 48.8 Å². The summed E-state index contributed by atoms with van der Waals surface area (Å²) in [5.41, 5.74) is 1.91. The first-order valence-electron chi connectivity index (χ1n) is 13.8. The Morgan fingerprint density at radius 3 is 2.45 bits per heavy atom. The van der Waals surface area contributed by atoms with Crippen LogP contribution in [0.2, 0.25) is 5.02 Å². The Hall–Kier alpha value is -4.81. The standard InChI is InChI=1S/C31H30ClN7O4S/c1-19-5-4-6-23(32)29(19)37-30(42)25-18-33-31(44-25)36-26-17-27(35-20(2)34-26)38-13-15-39(16-14-38)28(41)12-11-24(40)21-7-9-22(43-3)10-8-21/h4-12,17-18H,13-16H2,1-3H3,(H,37,42)(H,33,34,35,36)/b12-11+. The number of nitrogens with zero attached hydrogens (tertiary/aromatic N) is 5. The van der Waals surface area contributed by atoms with Crippen LogP contribution in [0.5, 0.6) is 5.75 Å². The van der Waals surface area contributed by atoms with Crippen molar-refractivity contribution in [1.82, 2.24) is 19.9 Å². The zero-order valence-electron chi connectivity index (χ0n) is 24.3. The van der Waals surface area contributed by atoms with E-state index in [0.29, 0.717) is 75.7 Å². The normalized spacial score (nSPS) is 13.2. The summed E-state index contributed by atoms with van der Waals surface area (Å²) in [6.07, 6.45) is 4.11. The number of anilines is 4. The molecule has 0 atom stereocenters. The highest BCUT2D eigenvalue weighted by atomic mass is 35.5. The van der Waals surface area contributed by atoms with Crippen molar-refractivity contribution in [3.05, 3.63) is 93.7 Å². The molecule has 4 aromatic rings. The number of piperazine rings is 1. The number of benzene rings is 2. The van der Waals surface area contributed by atoms with E-state index in [0.717, 1.165) is 5.56 Å². The Kier molecular flexibility index (Phi) is 9.51. The third-order valence-electron chi connectivity index (χ3n) is 6.92. The molecule has 0 radical (unpaired) electrons. The summed E-state index contributed by atoms with van der Waals surface area (Å²) in [7, 11) is 1.56. The maximum atomic E-state index is 12.8. The molecule has 44 heavy (non-hydrogen) atoms. The molecule has 0 spiro atoms. The van der Waals surface area contributed by atoms with Gasteiger partial charge in [0.05, 0.1) is 24.0 Å². The number of carbonyl (C=O) groups is 3. The minimum Gasteiger partial charge on any atom is -0.497 e. The van der Waals surface area contributed by atoms with Crippen LogP contribution in [0.3, 0.4) is 0 Å². The van der Waals surface area contributed by atoms with E-state index in [-0.39, 0.29) is 17.6 Å². The lowest BCUT2D eigenvalue weighted by Crippen LogP contribution is -2.48. The number of allylic oxidation sites excluding steroid dienone is 1. The maximum Gasteiger partial charge on any atom is 0.267 e.